The van der Waals surface area contributed by atoms with Crippen LogP contribution in [0.3, 0.4) is 0 Å². The minimum atomic E-state index is -0.0792. The summed E-state index contributed by atoms with van der Waals surface area (Å²) in [5.74, 6) is 0.775. The predicted octanol–water partition coefficient (Wildman–Crippen LogP) is 4.76. The van der Waals surface area contributed by atoms with E-state index in [0.717, 1.165) is 17.0 Å². The van der Waals surface area contributed by atoms with Gasteiger partial charge in [-0.15, -0.1) is 11.8 Å². The molecule has 0 radical (unpaired) electrons. The molecule has 2 aromatic carbocycles. The third-order valence-corrected chi connectivity index (χ3v) is 5.49. The molecule has 5 heteroatoms. The molecule has 0 aliphatic rings. The van der Waals surface area contributed by atoms with Crippen LogP contribution >= 0.6 is 23.5 Å². The summed E-state index contributed by atoms with van der Waals surface area (Å²) in [5.41, 5.74) is 3.53. The summed E-state index contributed by atoms with van der Waals surface area (Å²) < 4.78 is 0. The van der Waals surface area contributed by atoms with Gasteiger partial charge in [0.15, 0.2) is 5.16 Å². The Morgan fingerprint density at radius 1 is 1.04 bits per heavy atom. The van der Waals surface area contributed by atoms with Gasteiger partial charge in [-0.3, -0.25) is 4.79 Å². The Hall–Kier alpha value is -1.98. The summed E-state index contributed by atoms with van der Waals surface area (Å²) in [6.45, 7) is 1.81. The van der Waals surface area contributed by atoms with E-state index < -0.39 is 0 Å². The number of thioether (sulfide) groups is 2. The number of benzene rings is 2. The van der Waals surface area contributed by atoms with Crippen molar-refractivity contribution in [2.75, 3.05) is 6.26 Å². The van der Waals surface area contributed by atoms with Crippen molar-refractivity contribution in [2.24, 2.45) is 0 Å². The first kappa shape index (κ1) is 16.9. The quantitative estimate of drug-likeness (QED) is 0.530. The molecule has 0 atom stereocenters. The Labute approximate surface area is 149 Å². The second-order valence-electron chi connectivity index (χ2n) is 5.31. The molecule has 3 aromatic rings. The fraction of sp³-hybridized carbons (Fsp3) is 0.158. The van der Waals surface area contributed by atoms with Crippen LogP contribution in [0, 0.1) is 6.92 Å². The smallest absolute Gasteiger partial charge is 0.255 e. The Balaban J connectivity index is 1.90. The van der Waals surface area contributed by atoms with Crippen LogP contribution in [0.4, 0.5) is 0 Å². The van der Waals surface area contributed by atoms with Crippen molar-refractivity contribution in [3.05, 3.63) is 76.1 Å². The molecule has 0 spiro atoms. The molecule has 0 saturated carbocycles. The van der Waals surface area contributed by atoms with Gasteiger partial charge in [-0.2, -0.15) is 0 Å². The monoisotopic (exact) mass is 354 g/mol. The van der Waals surface area contributed by atoms with E-state index in [2.05, 4.69) is 28.4 Å². The zero-order valence-electron chi connectivity index (χ0n) is 13.6. The van der Waals surface area contributed by atoms with Crippen LogP contribution in [0.2, 0.25) is 0 Å². The van der Waals surface area contributed by atoms with E-state index in [4.69, 9.17) is 0 Å². The second kappa shape index (κ2) is 7.73. The molecule has 1 N–H and O–H groups in total. The Morgan fingerprint density at radius 2 is 1.75 bits per heavy atom. The summed E-state index contributed by atoms with van der Waals surface area (Å²) in [6, 6.07) is 18.1. The molecule has 1 aromatic heterocycles. The number of nitrogens with one attached hydrogen (secondary N) is 1. The number of H-pyrrole nitrogens is 1. The van der Waals surface area contributed by atoms with E-state index in [1.54, 1.807) is 23.5 Å². The number of aromatic amines is 1. The predicted molar refractivity (Wildman–Crippen MR) is 103 cm³/mol. The van der Waals surface area contributed by atoms with Crippen molar-refractivity contribution in [1.29, 1.82) is 0 Å². The molecule has 0 fully saturated rings. The summed E-state index contributed by atoms with van der Waals surface area (Å²) in [6.07, 6.45) is 2.07. The fourth-order valence-electron chi connectivity index (χ4n) is 2.43. The highest BCUT2D eigenvalue weighted by Crippen LogP contribution is 2.27. The number of hydrogen-bond acceptors (Lipinski definition) is 4. The van der Waals surface area contributed by atoms with Gasteiger partial charge in [0.05, 0.1) is 5.69 Å². The van der Waals surface area contributed by atoms with Crippen molar-refractivity contribution in [3.8, 4) is 11.3 Å². The highest BCUT2D eigenvalue weighted by molar-refractivity contribution is 7.99. The number of rotatable bonds is 5. The van der Waals surface area contributed by atoms with Gasteiger partial charge < -0.3 is 4.98 Å². The highest BCUT2D eigenvalue weighted by atomic mass is 32.2. The number of aromatic nitrogens is 2. The maximum absolute atomic E-state index is 12.3. The first-order chi connectivity index (χ1) is 11.7. The fourth-order valence-corrected chi connectivity index (χ4v) is 4.00. The molecule has 3 rings (SSSR count). The topological polar surface area (TPSA) is 45.8 Å². The lowest BCUT2D eigenvalue weighted by Gasteiger charge is -2.09. The molecule has 0 aliphatic carbocycles. The molecular weight excluding hydrogens is 336 g/mol. The van der Waals surface area contributed by atoms with Crippen molar-refractivity contribution >= 4 is 23.5 Å². The zero-order valence-corrected chi connectivity index (χ0v) is 15.2. The molecular formula is C19H18N2OS2. The lowest BCUT2D eigenvalue weighted by atomic mass is 10.1. The van der Waals surface area contributed by atoms with Gasteiger partial charge in [0.2, 0.25) is 0 Å². The molecule has 24 heavy (non-hydrogen) atoms. The highest BCUT2D eigenvalue weighted by Gasteiger charge is 2.10. The Kier molecular flexibility index (Phi) is 5.43. The van der Waals surface area contributed by atoms with E-state index in [0.29, 0.717) is 10.7 Å². The minimum Gasteiger partial charge on any atom is -0.301 e. The summed E-state index contributed by atoms with van der Waals surface area (Å²) in [5, 5.41) is 0.653. The van der Waals surface area contributed by atoms with Crippen LogP contribution in [-0.4, -0.2) is 16.2 Å². The summed E-state index contributed by atoms with van der Waals surface area (Å²) >= 11 is 3.29. The molecule has 122 valence electrons. The molecule has 0 saturated heterocycles. The van der Waals surface area contributed by atoms with Crippen LogP contribution in [-0.2, 0) is 5.75 Å². The summed E-state index contributed by atoms with van der Waals surface area (Å²) in [4.78, 5) is 21.1. The lowest BCUT2D eigenvalue weighted by molar-refractivity contribution is 0.923. The molecule has 0 aliphatic heterocycles. The summed E-state index contributed by atoms with van der Waals surface area (Å²) in [7, 11) is 0. The zero-order chi connectivity index (χ0) is 16.9. The van der Waals surface area contributed by atoms with E-state index in [1.165, 1.54) is 10.5 Å². The number of hydrogen-bond donors (Lipinski definition) is 1. The van der Waals surface area contributed by atoms with Crippen molar-refractivity contribution in [1.82, 2.24) is 9.97 Å². The van der Waals surface area contributed by atoms with Gasteiger partial charge in [0, 0.05) is 21.8 Å². The van der Waals surface area contributed by atoms with Crippen LogP contribution < -0.4 is 5.56 Å². The molecule has 0 amide bonds. The number of nitrogens with zero attached hydrogens (tertiary/aromatic N) is 1. The molecule has 0 bridgehead atoms. The average molecular weight is 355 g/mol. The van der Waals surface area contributed by atoms with E-state index in [-0.39, 0.29) is 5.56 Å². The average Bonchev–Trinajstić information content (AvgIpc) is 2.63. The maximum atomic E-state index is 12.3. The van der Waals surface area contributed by atoms with Gasteiger partial charge in [-0.1, -0.05) is 60.3 Å². The molecule has 0 unspecified atom stereocenters. The van der Waals surface area contributed by atoms with Crippen molar-refractivity contribution in [3.63, 3.8) is 0 Å². The van der Waals surface area contributed by atoms with Crippen molar-refractivity contribution in [2.45, 2.75) is 22.7 Å². The van der Waals surface area contributed by atoms with Gasteiger partial charge in [0.1, 0.15) is 0 Å². The lowest BCUT2D eigenvalue weighted by Crippen LogP contribution is -2.14. The third kappa shape index (κ3) is 3.74. The normalized spacial score (nSPS) is 10.8. The van der Waals surface area contributed by atoms with Gasteiger partial charge in [0.25, 0.3) is 5.56 Å². The standard InChI is InChI=1S/C19H18N2OS2/c1-13-17(14-8-4-3-5-9-14)20-19(21-18(13)22)24-12-15-10-6-7-11-16(15)23-2/h3-11H,12H2,1-2H3,(H,20,21,22). The first-order valence-electron chi connectivity index (χ1n) is 7.60. The molecule has 1 heterocycles. The van der Waals surface area contributed by atoms with Gasteiger partial charge >= 0.3 is 0 Å². The molecule has 3 nitrogen and oxygen atoms in total. The largest absolute Gasteiger partial charge is 0.301 e. The minimum absolute atomic E-state index is 0.0792. The van der Waals surface area contributed by atoms with Crippen LogP contribution in [0.1, 0.15) is 11.1 Å². The first-order valence-corrected chi connectivity index (χ1v) is 9.81. The second-order valence-corrected chi connectivity index (χ2v) is 7.12. The van der Waals surface area contributed by atoms with E-state index >= 15 is 0 Å². The SMILES string of the molecule is CSc1ccccc1CSc1nc(-c2ccccc2)c(C)c(=O)[nH]1. The van der Waals surface area contributed by atoms with Gasteiger partial charge in [-0.05, 0) is 24.8 Å². The van der Waals surface area contributed by atoms with E-state index in [1.807, 2.05) is 49.4 Å². The Morgan fingerprint density at radius 3 is 2.50 bits per heavy atom. The van der Waals surface area contributed by atoms with Crippen LogP contribution in [0.15, 0.2) is 69.4 Å². The maximum Gasteiger partial charge on any atom is 0.255 e. The van der Waals surface area contributed by atoms with Crippen molar-refractivity contribution < 1.29 is 0 Å². The van der Waals surface area contributed by atoms with Crippen LogP contribution in [0.5, 0.6) is 0 Å². The third-order valence-electron chi connectivity index (χ3n) is 3.73. The Bertz CT molecular complexity index is 891. The van der Waals surface area contributed by atoms with Crippen LogP contribution in [0.25, 0.3) is 11.3 Å². The van der Waals surface area contributed by atoms with Gasteiger partial charge in [-0.25, -0.2) is 4.98 Å². The van der Waals surface area contributed by atoms with E-state index in [9.17, 15) is 4.79 Å².